The van der Waals surface area contributed by atoms with Crippen LogP contribution in [-0.4, -0.2) is 4.87 Å². The summed E-state index contributed by atoms with van der Waals surface area (Å²) < 4.78 is 0. The fourth-order valence-corrected chi connectivity index (χ4v) is 4.00. The Hall–Kier alpha value is -1.67. The average Bonchev–Trinajstić information content (AvgIpc) is 2.76. The van der Waals surface area contributed by atoms with Crippen molar-refractivity contribution in [3.8, 4) is 0 Å². The molecule has 2 aromatic rings. The average molecular weight is 251 g/mol. The zero-order valence-electron chi connectivity index (χ0n) is 9.89. The van der Waals surface area contributed by atoms with Crippen LogP contribution in [0, 0.1) is 0 Å². The van der Waals surface area contributed by atoms with E-state index in [2.05, 4.69) is 66.0 Å². The van der Waals surface area contributed by atoms with E-state index in [1.165, 1.54) is 21.7 Å². The Kier molecular flexibility index (Phi) is 2.09. The molecule has 2 heteroatoms. The lowest BCUT2D eigenvalue weighted by atomic mass is 10.1. The number of para-hydroxylation sites is 1. The van der Waals surface area contributed by atoms with Gasteiger partial charge in [0.1, 0.15) is 4.87 Å². The molecule has 0 aliphatic carbocycles. The minimum absolute atomic E-state index is 0.0119. The molecule has 0 saturated heterocycles. The van der Waals surface area contributed by atoms with Gasteiger partial charge < -0.3 is 5.32 Å². The molecule has 2 aliphatic rings. The van der Waals surface area contributed by atoms with Crippen molar-refractivity contribution < 1.29 is 0 Å². The molecule has 0 aromatic heterocycles. The fraction of sp³-hybridized carbons (Fsp3) is 0.125. The van der Waals surface area contributed by atoms with Gasteiger partial charge >= 0.3 is 0 Å². The Morgan fingerprint density at radius 2 is 1.83 bits per heavy atom. The van der Waals surface area contributed by atoms with Crippen LogP contribution >= 0.6 is 11.8 Å². The number of benzene rings is 2. The van der Waals surface area contributed by atoms with Gasteiger partial charge in [0, 0.05) is 17.0 Å². The summed E-state index contributed by atoms with van der Waals surface area (Å²) in [7, 11) is 0. The molecule has 1 N–H and O–H groups in total. The lowest BCUT2D eigenvalue weighted by Crippen LogP contribution is -2.30. The van der Waals surface area contributed by atoms with Crippen LogP contribution in [0.1, 0.15) is 11.1 Å². The smallest absolute Gasteiger partial charge is 0.111 e. The molecule has 0 fully saturated rings. The Bertz CT molecular complexity index is 620. The van der Waals surface area contributed by atoms with Crippen LogP contribution in [0.25, 0.3) is 6.08 Å². The van der Waals surface area contributed by atoms with Gasteiger partial charge in [0.05, 0.1) is 0 Å². The molecule has 0 bridgehead atoms. The Balaban J connectivity index is 1.74. The van der Waals surface area contributed by atoms with Crippen LogP contribution in [0.2, 0.25) is 0 Å². The highest BCUT2D eigenvalue weighted by atomic mass is 32.2. The molecule has 0 radical (unpaired) electrons. The molecular weight excluding hydrogens is 238 g/mol. The van der Waals surface area contributed by atoms with E-state index in [1.807, 2.05) is 11.8 Å². The Morgan fingerprint density at radius 1 is 1.00 bits per heavy atom. The van der Waals surface area contributed by atoms with E-state index in [4.69, 9.17) is 0 Å². The molecule has 1 nitrogen and oxygen atoms in total. The number of hydrogen-bond donors (Lipinski definition) is 1. The molecule has 0 unspecified atom stereocenters. The molecule has 2 aliphatic heterocycles. The molecule has 18 heavy (non-hydrogen) atoms. The summed E-state index contributed by atoms with van der Waals surface area (Å²) in [5.74, 6) is 0. The van der Waals surface area contributed by atoms with Crippen LogP contribution in [0.15, 0.2) is 59.5 Å². The third-order valence-electron chi connectivity index (χ3n) is 3.56. The van der Waals surface area contributed by atoms with E-state index in [1.54, 1.807) is 0 Å². The second-order valence-electron chi connectivity index (χ2n) is 4.82. The van der Waals surface area contributed by atoms with Crippen LogP contribution in [0.4, 0.5) is 5.69 Å². The summed E-state index contributed by atoms with van der Waals surface area (Å²) in [6, 6.07) is 17.2. The topological polar surface area (TPSA) is 12.0 Å². The predicted molar refractivity (Wildman–Crippen MR) is 77.8 cm³/mol. The first-order valence-electron chi connectivity index (χ1n) is 6.18. The highest BCUT2D eigenvalue weighted by Gasteiger charge is 2.37. The maximum Gasteiger partial charge on any atom is 0.111 e. The quantitative estimate of drug-likeness (QED) is 0.754. The highest BCUT2D eigenvalue weighted by molar-refractivity contribution is 8.01. The zero-order valence-corrected chi connectivity index (χ0v) is 10.7. The van der Waals surface area contributed by atoms with E-state index in [-0.39, 0.29) is 4.87 Å². The van der Waals surface area contributed by atoms with E-state index in [0.717, 1.165) is 6.42 Å². The molecule has 2 aromatic carbocycles. The first-order chi connectivity index (χ1) is 8.85. The second-order valence-corrected chi connectivity index (χ2v) is 6.19. The Morgan fingerprint density at radius 3 is 2.78 bits per heavy atom. The van der Waals surface area contributed by atoms with Gasteiger partial charge in [0.25, 0.3) is 0 Å². The van der Waals surface area contributed by atoms with Crippen LogP contribution in [0.3, 0.4) is 0 Å². The van der Waals surface area contributed by atoms with E-state index in [9.17, 15) is 0 Å². The molecule has 0 saturated carbocycles. The zero-order chi connectivity index (χ0) is 12.0. The molecule has 1 spiro atoms. The third kappa shape index (κ3) is 1.49. The van der Waals surface area contributed by atoms with Crippen molar-refractivity contribution in [2.24, 2.45) is 0 Å². The summed E-state index contributed by atoms with van der Waals surface area (Å²) in [5, 5.41) is 3.67. The number of rotatable bonds is 0. The minimum Gasteiger partial charge on any atom is -0.367 e. The van der Waals surface area contributed by atoms with Gasteiger partial charge in [-0.25, -0.2) is 0 Å². The Labute approximate surface area is 111 Å². The number of thioether (sulfide) groups is 1. The number of hydrogen-bond acceptors (Lipinski definition) is 2. The standard InChI is InChI=1S/C16H13NS/c1-3-7-14-13(6-1)11-16(17-14)10-9-12-5-2-4-8-15(12)18-16/h1-10,17H,11H2/t16-/m1/s1. The van der Waals surface area contributed by atoms with Gasteiger partial charge in [-0.2, -0.15) is 0 Å². The van der Waals surface area contributed by atoms with Gasteiger partial charge in [-0.15, -0.1) is 0 Å². The van der Waals surface area contributed by atoms with Crippen LogP contribution in [0.5, 0.6) is 0 Å². The van der Waals surface area contributed by atoms with Crippen molar-refractivity contribution in [1.29, 1.82) is 0 Å². The SMILES string of the molecule is C1=C[C@]2(Cc3ccccc3N2)Sc2ccccc21. The lowest BCUT2D eigenvalue weighted by Gasteiger charge is -2.30. The fourth-order valence-electron chi connectivity index (χ4n) is 2.68. The molecule has 0 amide bonds. The summed E-state index contributed by atoms with van der Waals surface area (Å²) in [6.07, 6.45) is 5.60. The van der Waals surface area contributed by atoms with Crippen molar-refractivity contribution in [1.82, 2.24) is 0 Å². The summed E-state index contributed by atoms with van der Waals surface area (Å²) in [5.41, 5.74) is 4.01. The maximum atomic E-state index is 3.67. The maximum absolute atomic E-state index is 3.67. The summed E-state index contributed by atoms with van der Waals surface area (Å²) in [6.45, 7) is 0. The summed E-state index contributed by atoms with van der Waals surface area (Å²) >= 11 is 1.93. The van der Waals surface area contributed by atoms with E-state index >= 15 is 0 Å². The monoisotopic (exact) mass is 251 g/mol. The van der Waals surface area contributed by atoms with Crippen molar-refractivity contribution >= 4 is 23.5 Å². The van der Waals surface area contributed by atoms with Crippen molar-refractivity contribution in [2.75, 3.05) is 5.32 Å². The van der Waals surface area contributed by atoms with Gasteiger partial charge in [0.2, 0.25) is 0 Å². The van der Waals surface area contributed by atoms with Gasteiger partial charge in [-0.1, -0.05) is 54.2 Å². The largest absolute Gasteiger partial charge is 0.367 e. The lowest BCUT2D eigenvalue weighted by molar-refractivity contribution is 0.850. The van der Waals surface area contributed by atoms with Crippen molar-refractivity contribution in [3.63, 3.8) is 0 Å². The van der Waals surface area contributed by atoms with E-state index < -0.39 is 0 Å². The van der Waals surface area contributed by atoms with Crippen LogP contribution < -0.4 is 5.32 Å². The van der Waals surface area contributed by atoms with Gasteiger partial charge in [-0.3, -0.25) is 0 Å². The van der Waals surface area contributed by atoms with E-state index in [0.29, 0.717) is 0 Å². The van der Waals surface area contributed by atoms with Crippen molar-refractivity contribution in [2.45, 2.75) is 16.2 Å². The van der Waals surface area contributed by atoms with Crippen molar-refractivity contribution in [3.05, 3.63) is 65.7 Å². The molecule has 88 valence electrons. The van der Waals surface area contributed by atoms with Gasteiger partial charge in [0.15, 0.2) is 0 Å². The highest BCUT2D eigenvalue weighted by Crippen LogP contribution is 2.47. The first-order valence-corrected chi connectivity index (χ1v) is 7.00. The molecule has 4 rings (SSSR count). The number of nitrogens with one attached hydrogen (secondary N) is 1. The summed E-state index contributed by atoms with van der Waals surface area (Å²) in [4.78, 5) is 1.37. The predicted octanol–water partition coefficient (Wildman–Crippen LogP) is 4.17. The first kappa shape index (κ1) is 10.3. The van der Waals surface area contributed by atoms with Crippen LogP contribution in [-0.2, 0) is 6.42 Å². The molecular formula is C16H13NS. The minimum atomic E-state index is 0.0119. The number of anilines is 1. The normalized spacial score (nSPS) is 23.6. The number of fused-ring (bicyclic) bond motifs is 2. The molecule has 1 atom stereocenters. The third-order valence-corrected chi connectivity index (χ3v) is 4.90. The second kappa shape index (κ2) is 3.66. The molecule has 2 heterocycles. The van der Waals surface area contributed by atoms with Gasteiger partial charge in [-0.05, 0) is 29.3 Å².